The van der Waals surface area contributed by atoms with Gasteiger partial charge in [0.05, 0.1) is 0 Å². The third kappa shape index (κ3) is 2.61. The summed E-state index contributed by atoms with van der Waals surface area (Å²) in [6.45, 7) is -2.76. The summed E-state index contributed by atoms with van der Waals surface area (Å²) in [5.41, 5.74) is 0. The minimum absolute atomic E-state index is 0.186. The first-order valence-electron chi connectivity index (χ1n) is 3.04. The van der Waals surface area contributed by atoms with Crippen molar-refractivity contribution in [3.8, 4) is 0 Å². The van der Waals surface area contributed by atoms with E-state index in [4.69, 9.17) is 0 Å². The molecular formula is C7H6BrF2O. The van der Waals surface area contributed by atoms with Gasteiger partial charge in [-0.15, -0.1) is 0 Å². The van der Waals surface area contributed by atoms with Gasteiger partial charge in [-0.1, -0.05) is 22.0 Å². The Morgan fingerprint density at radius 3 is 2.82 bits per heavy atom. The molecule has 0 aromatic carbocycles. The van der Waals surface area contributed by atoms with Crippen molar-refractivity contribution in [3.05, 3.63) is 28.8 Å². The first-order valence-corrected chi connectivity index (χ1v) is 3.84. The van der Waals surface area contributed by atoms with E-state index in [1.54, 1.807) is 12.5 Å². The highest BCUT2D eigenvalue weighted by atomic mass is 79.9. The summed E-state index contributed by atoms with van der Waals surface area (Å²) in [7, 11) is 0. The molecule has 0 unspecified atom stereocenters. The van der Waals surface area contributed by atoms with Crippen molar-refractivity contribution < 1.29 is 13.5 Å². The van der Waals surface area contributed by atoms with E-state index >= 15 is 0 Å². The molecule has 0 amide bonds. The minimum atomic E-state index is -2.76. The van der Waals surface area contributed by atoms with Crippen LogP contribution >= 0.6 is 15.9 Å². The Hall–Kier alpha value is -0.380. The Kier molecular flexibility index (Phi) is 3.05. The molecule has 1 rings (SSSR count). The highest BCUT2D eigenvalue weighted by molar-refractivity contribution is 9.11. The van der Waals surface area contributed by atoms with Gasteiger partial charge in [0.1, 0.15) is 5.76 Å². The summed E-state index contributed by atoms with van der Waals surface area (Å²) in [5.74, 6) is 0.186. The summed E-state index contributed by atoms with van der Waals surface area (Å²) in [5, 5.41) is 0. The molecule has 0 aromatic heterocycles. The molecule has 61 valence electrons. The van der Waals surface area contributed by atoms with E-state index < -0.39 is 6.61 Å². The molecule has 0 spiro atoms. The summed E-state index contributed by atoms with van der Waals surface area (Å²) >= 11 is 3.10. The number of rotatable bonds is 2. The normalized spacial score (nSPS) is 17.8. The average Bonchev–Trinajstić information content (AvgIpc) is 1.93. The third-order valence-electron chi connectivity index (χ3n) is 1.15. The van der Waals surface area contributed by atoms with E-state index in [1.807, 2.05) is 0 Å². The zero-order chi connectivity index (χ0) is 8.27. The molecule has 4 heteroatoms. The average molecular weight is 224 g/mol. The van der Waals surface area contributed by atoms with Gasteiger partial charge < -0.3 is 4.74 Å². The monoisotopic (exact) mass is 223 g/mol. The van der Waals surface area contributed by atoms with E-state index in [0.717, 1.165) is 6.42 Å². The van der Waals surface area contributed by atoms with Crippen LogP contribution in [0.15, 0.2) is 22.4 Å². The molecule has 1 radical (unpaired) electrons. The van der Waals surface area contributed by atoms with Gasteiger partial charge in [-0.05, 0) is 12.5 Å². The Bertz CT molecular complexity index is 199. The minimum Gasteiger partial charge on any atom is -0.434 e. The molecule has 0 N–H and O–H groups in total. The van der Waals surface area contributed by atoms with Crippen molar-refractivity contribution in [2.75, 3.05) is 0 Å². The first-order chi connectivity index (χ1) is 5.20. The van der Waals surface area contributed by atoms with Crippen molar-refractivity contribution in [2.24, 2.45) is 0 Å². The van der Waals surface area contributed by atoms with Crippen LogP contribution in [0.4, 0.5) is 8.78 Å². The fourth-order valence-corrected chi connectivity index (χ4v) is 1.13. The van der Waals surface area contributed by atoms with Crippen LogP contribution in [0.5, 0.6) is 0 Å². The maximum atomic E-state index is 11.7. The van der Waals surface area contributed by atoms with Crippen molar-refractivity contribution in [2.45, 2.75) is 13.0 Å². The summed E-state index contributed by atoms with van der Waals surface area (Å²) in [6.07, 6.45) is 5.78. The lowest BCUT2D eigenvalue weighted by atomic mass is 10.2. The van der Waals surface area contributed by atoms with Gasteiger partial charge in [-0.2, -0.15) is 8.78 Å². The van der Waals surface area contributed by atoms with E-state index in [1.165, 1.54) is 6.08 Å². The van der Waals surface area contributed by atoms with E-state index in [9.17, 15) is 8.78 Å². The van der Waals surface area contributed by atoms with Crippen LogP contribution < -0.4 is 0 Å². The Balaban J connectivity index is 2.60. The predicted octanol–water partition coefficient (Wildman–Crippen LogP) is 3.00. The van der Waals surface area contributed by atoms with Gasteiger partial charge >= 0.3 is 6.61 Å². The molecule has 1 nitrogen and oxygen atoms in total. The van der Waals surface area contributed by atoms with Crippen LogP contribution in [0.3, 0.4) is 0 Å². The van der Waals surface area contributed by atoms with Crippen LogP contribution in [0.2, 0.25) is 0 Å². The van der Waals surface area contributed by atoms with Crippen LogP contribution in [0.1, 0.15) is 6.42 Å². The number of ether oxygens (including phenoxy) is 1. The van der Waals surface area contributed by atoms with E-state index in [-0.39, 0.29) is 5.76 Å². The molecule has 0 heterocycles. The van der Waals surface area contributed by atoms with Crippen LogP contribution in [-0.4, -0.2) is 6.61 Å². The smallest absolute Gasteiger partial charge is 0.387 e. The number of hydrogen-bond donors (Lipinski definition) is 0. The Morgan fingerprint density at radius 1 is 1.55 bits per heavy atom. The van der Waals surface area contributed by atoms with Crippen LogP contribution in [0.25, 0.3) is 0 Å². The fraction of sp³-hybridized carbons (Fsp3) is 0.286. The Morgan fingerprint density at radius 2 is 2.27 bits per heavy atom. The molecule has 0 aromatic rings. The quantitative estimate of drug-likeness (QED) is 0.700. The van der Waals surface area contributed by atoms with Gasteiger partial charge in [-0.25, -0.2) is 0 Å². The molecule has 0 atom stereocenters. The number of alkyl halides is 2. The molecule has 0 bridgehead atoms. The van der Waals surface area contributed by atoms with Gasteiger partial charge in [0.15, 0.2) is 0 Å². The Labute approximate surface area is 71.9 Å². The third-order valence-corrected chi connectivity index (χ3v) is 1.87. The SMILES string of the molecule is FC(F)OC1=C(Br)[CH]CC=C1. The molecule has 11 heavy (non-hydrogen) atoms. The second kappa shape index (κ2) is 3.85. The maximum absolute atomic E-state index is 11.7. The second-order valence-electron chi connectivity index (χ2n) is 1.93. The van der Waals surface area contributed by atoms with Crippen molar-refractivity contribution in [1.29, 1.82) is 0 Å². The maximum Gasteiger partial charge on any atom is 0.387 e. The second-order valence-corrected chi connectivity index (χ2v) is 2.79. The number of allylic oxidation sites excluding steroid dienone is 3. The van der Waals surface area contributed by atoms with Crippen molar-refractivity contribution >= 4 is 15.9 Å². The van der Waals surface area contributed by atoms with Gasteiger partial charge in [0.25, 0.3) is 0 Å². The zero-order valence-corrected chi connectivity index (χ0v) is 7.14. The van der Waals surface area contributed by atoms with Crippen LogP contribution in [0, 0.1) is 6.42 Å². The first kappa shape index (κ1) is 8.71. The van der Waals surface area contributed by atoms with Gasteiger partial charge in [-0.3, -0.25) is 0 Å². The summed E-state index contributed by atoms with van der Waals surface area (Å²) in [6, 6.07) is 0. The van der Waals surface area contributed by atoms with Crippen molar-refractivity contribution in [3.63, 3.8) is 0 Å². The molecule has 0 fully saturated rings. The molecule has 1 aliphatic carbocycles. The predicted molar refractivity (Wildman–Crippen MR) is 41.1 cm³/mol. The summed E-state index contributed by atoms with van der Waals surface area (Å²) in [4.78, 5) is 0. The lowest BCUT2D eigenvalue weighted by Crippen LogP contribution is -2.01. The topological polar surface area (TPSA) is 9.23 Å². The highest BCUT2D eigenvalue weighted by Crippen LogP contribution is 2.25. The summed E-state index contributed by atoms with van der Waals surface area (Å²) < 4.78 is 28.1. The number of halogens is 3. The van der Waals surface area contributed by atoms with E-state index in [2.05, 4.69) is 20.7 Å². The fourth-order valence-electron chi connectivity index (χ4n) is 0.718. The highest BCUT2D eigenvalue weighted by Gasteiger charge is 2.11. The molecule has 0 aliphatic heterocycles. The molecular weight excluding hydrogens is 218 g/mol. The van der Waals surface area contributed by atoms with Gasteiger partial charge in [0, 0.05) is 10.9 Å². The standard InChI is InChI=1S/C7H6BrF2O/c8-5-3-1-2-4-6(5)11-7(9)10/h2-4,7H,1H2. The van der Waals surface area contributed by atoms with Crippen LogP contribution in [-0.2, 0) is 4.74 Å². The van der Waals surface area contributed by atoms with E-state index in [0.29, 0.717) is 4.48 Å². The molecule has 0 saturated heterocycles. The lowest BCUT2D eigenvalue weighted by molar-refractivity contribution is -0.0924. The lowest BCUT2D eigenvalue weighted by Gasteiger charge is -2.10. The molecule has 1 aliphatic rings. The largest absolute Gasteiger partial charge is 0.434 e. The molecule has 0 saturated carbocycles. The van der Waals surface area contributed by atoms with Crippen molar-refractivity contribution in [1.82, 2.24) is 0 Å². The zero-order valence-electron chi connectivity index (χ0n) is 5.56. The van der Waals surface area contributed by atoms with Gasteiger partial charge in [0.2, 0.25) is 0 Å². The number of hydrogen-bond acceptors (Lipinski definition) is 1.